The van der Waals surface area contributed by atoms with E-state index in [2.05, 4.69) is 26.3 Å². The molecular formula is C29H38N6O6. The predicted molar refractivity (Wildman–Crippen MR) is 154 cm³/mol. The molecule has 4 rings (SSSR count). The van der Waals surface area contributed by atoms with Gasteiger partial charge in [-0.25, -0.2) is 10.2 Å². The van der Waals surface area contributed by atoms with E-state index < -0.39 is 17.9 Å². The van der Waals surface area contributed by atoms with Crippen LogP contribution in [-0.2, 0) is 19.1 Å². The third-order valence-electron chi connectivity index (χ3n) is 7.18. The monoisotopic (exact) mass is 566 g/mol. The Labute approximate surface area is 239 Å². The standard InChI is InChI=1S/C29H38N6O6/c1-19-5-3-4-6-25(19)32-29(40)31-23-9-7-22(8-10-23)30-26(36)16-21-15-20(2)33-35(28(21)39)24(17-27(37)38)18-34-11-13-41-14-12-34/h3-10,20-21,24,33H,11-18H2,1-2H3,(H,30,36)(H,37,38)(H2,31,32,40)/t20?,21?,24-/m0/s1. The fraction of sp³-hybridized carbons (Fsp3) is 0.448. The largest absolute Gasteiger partial charge is 0.481 e. The maximum Gasteiger partial charge on any atom is 0.323 e. The minimum absolute atomic E-state index is 0.0302. The van der Waals surface area contributed by atoms with Crippen molar-refractivity contribution in [1.29, 1.82) is 0 Å². The number of benzene rings is 2. The van der Waals surface area contributed by atoms with Crippen molar-refractivity contribution in [2.24, 2.45) is 5.92 Å². The number of carbonyl (C=O) groups is 4. The second-order valence-corrected chi connectivity index (χ2v) is 10.6. The molecule has 220 valence electrons. The van der Waals surface area contributed by atoms with Gasteiger partial charge in [0.15, 0.2) is 0 Å². The molecular weight excluding hydrogens is 528 g/mol. The number of rotatable bonds is 10. The van der Waals surface area contributed by atoms with Crippen LogP contribution in [0.4, 0.5) is 21.9 Å². The number of ether oxygens (including phenoxy) is 1. The molecule has 12 nitrogen and oxygen atoms in total. The van der Waals surface area contributed by atoms with Gasteiger partial charge in [0.05, 0.1) is 25.7 Å². The van der Waals surface area contributed by atoms with E-state index in [-0.39, 0.29) is 36.7 Å². The molecule has 4 amide bonds. The maximum atomic E-state index is 13.4. The van der Waals surface area contributed by atoms with Crippen LogP contribution in [0.2, 0.25) is 0 Å². The highest BCUT2D eigenvalue weighted by Crippen LogP contribution is 2.24. The third kappa shape index (κ3) is 8.74. The number of carbonyl (C=O) groups excluding carboxylic acids is 3. The number of hydrazine groups is 1. The van der Waals surface area contributed by atoms with E-state index >= 15 is 0 Å². The molecule has 2 aromatic rings. The number of hydrogen-bond acceptors (Lipinski definition) is 7. The SMILES string of the molecule is Cc1ccccc1NC(=O)Nc1ccc(NC(=O)CC2CC(C)NN([C@@H](CC(=O)O)CN3CCOCC3)C2=O)cc1. The minimum atomic E-state index is -0.990. The van der Waals surface area contributed by atoms with Gasteiger partial charge in [0, 0.05) is 55.1 Å². The number of carboxylic acid groups (broad SMARTS) is 1. The van der Waals surface area contributed by atoms with Gasteiger partial charge in [-0.3, -0.25) is 24.3 Å². The van der Waals surface area contributed by atoms with Crippen LogP contribution >= 0.6 is 0 Å². The molecule has 2 unspecified atom stereocenters. The molecule has 0 spiro atoms. The van der Waals surface area contributed by atoms with Crippen LogP contribution in [0.25, 0.3) is 0 Å². The second kappa shape index (κ2) is 14.1. The van der Waals surface area contributed by atoms with E-state index in [4.69, 9.17) is 4.74 Å². The van der Waals surface area contributed by atoms with Crippen molar-refractivity contribution in [2.75, 3.05) is 48.8 Å². The number of para-hydroxylation sites is 1. The molecule has 3 atom stereocenters. The summed E-state index contributed by atoms with van der Waals surface area (Å²) in [6.45, 7) is 6.70. The first kappa shape index (κ1) is 30.0. The van der Waals surface area contributed by atoms with Crippen LogP contribution in [0.15, 0.2) is 48.5 Å². The molecule has 2 heterocycles. The number of urea groups is 1. The van der Waals surface area contributed by atoms with E-state index in [0.717, 1.165) is 5.56 Å². The van der Waals surface area contributed by atoms with Gasteiger partial charge in [0.1, 0.15) is 0 Å². The Bertz CT molecular complexity index is 1230. The lowest BCUT2D eigenvalue weighted by atomic mass is 9.92. The number of amides is 4. The number of morpholine rings is 1. The molecule has 2 aliphatic heterocycles. The molecule has 0 aromatic heterocycles. The number of carboxylic acids is 1. The highest BCUT2D eigenvalue weighted by atomic mass is 16.5. The van der Waals surface area contributed by atoms with Crippen molar-refractivity contribution < 1.29 is 29.0 Å². The molecule has 2 saturated heterocycles. The normalized spacial score (nSPS) is 20.2. The summed E-state index contributed by atoms with van der Waals surface area (Å²) in [5.74, 6) is -2.18. The Kier molecular flexibility index (Phi) is 10.3. The summed E-state index contributed by atoms with van der Waals surface area (Å²) in [7, 11) is 0. The molecule has 0 aliphatic carbocycles. The zero-order valence-corrected chi connectivity index (χ0v) is 23.4. The Morgan fingerprint density at radius 1 is 1.02 bits per heavy atom. The average molecular weight is 567 g/mol. The minimum Gasteiger partial charge on any atom is -0.481 e. The highest BCUT2D eigenvalue weighted by Gasteiger charge is 2.38. The van der Waals surface area contributed by atoms with E-state index in [1.807, 2.05) is 38.1 Å². The zero-order valence-electron chi connectivity index (χ0n) is 23.4. The number of nitrogens with zero attached hydrogens (tertiary/aromatic N) is 2. The Morgan fingerprint density at radius 2 is 1.68 bits per heavy atom. The summed E-state index contributed by atoms with van der Waals surface area (Å²) in [5, 5.41) is 19.3. The molecule has 0 radical (unpaired) electrons. The van der Waals surface area contributed by atoms with Gasteiger partial charge < -0.3 is 25.8 Å². The van der Waals surface area contributed by atoms with Crippen LogP contribution in [0.5, 0.6) is 0 Å². The molecule has 12 heteroatoms. The summed E-state index contributed by atoms with van der Waals surface area (Å²) in [4.78, 5) is 52.4. The number of hydrogen-bond donors (Lipinski definition) is 5. The molecule has 0 bridgehead atoms. The first-order valence-electron chi connectivity index (χ1n) is 13.8. The van der Waals surface area contributed by atoms with Gasteiger partial charge in [-0.15, -0.1) is 0 Å². The summed E-state index contributed by atoms with van der Waals surface area (Å²) in [5.41, 5.74) is 5.88. The molecule has 5 N–H and O–H groups in total. The van der Waals surface area contributed by atoms with Gasteiger partial charge >= 0.3 is 12.0 Å². The van der Waals surface area contributed by atoms with E-state index in [1.165, 1.54) is 5.01 Å². The molecule has 2 fully saturated rings. The lowest BCUT2D eigenvalue weighted by Gasteiger charge is -2.42. The first-order chi connectivity index (χ1) is 19.7. The molecule has 0 saturated carbocycles. The summed E-state index contributed by atoms with van der Waals surface area (Å²) >= 11 is 0. The topological polar surface area (TPSA) is 152 Å². The number of aryl methyl sites for hydroxylation is 1. The van der Waals surface area contributed by atoms with Crippen LogP contribution in [-0.4, -0.2) is 83.8 Å². The second-order valence-electron chi connectivity index (χ2n) is 10.6. The van der Waals surface area contributed by atoms with E-state index in [0.29, 0.717) is 56.3 Å². The third-order valence-corrected chi connectivity index (χ3v) is 7.18. The molecule has 2 aromatic carbocycles. The van der Waals surface area contributed by atoms with Crippen molar-refractivity contribution >= 4 is 40.9 Å². The van der Waals surface area contributed by atoms with Crippen molar-refractivity contribution in [3.63, 3.8) is 0 Å². The number of nitrogens with one attached hydrogen (secondary N) is 4. The smallest absolute Gasteiger partial charge is 0.323 e. The van der Waals surface area contributed by atoms with Crippen molar-refractivity contribution in [1.82, 2.24) is 15.3 Å². The predicted octanol–water partition coefficient (Wildman–Crippen LogP) is 2.88. The Hall–Kier alpha value is -4.00. The van der Waals surface area contributed by atoms with Gasteiger partial charge in [-0.05, 0) is 56.2 Å². The maximum absolute atomic E-state index is 13.4. The van der Waals surface area contributed by atoms with Crippen LogP contribution in [0.3, 0.4) is 0 Å². The summed E-state index contributed by atoms with van der Waals surface area (Å²) in [6, 6.07) is 13.1. The summed E-state index contributed by atoms with van der Waals surface area (Å²) in [6.07, 6.45) is 0.224. The van der Waals surface area contributed by atoms with Gasteiger partial charge in [0.25, 0.3) is 0 Å². The van der Waals surface area contributed by atoms with E-state index in [9.17, 15) is 24.3 Å². The lowest BCUT2D eigenvalue weighted by Crippen LogP contribution is -2.62. The van der Waals surface area contributed by atoms with Crippen LogP contribution in [0, 0.1) is 12.8 Å². The lowest BCUT2D eigenvalue weighted by molar-refractivity contribution is -0.153. The fourth-order valence-electron chi connectivity index (χ4n) is 5.13. The van der Waals surface area contributed by atoms with Gasteiger partial charge in [-0.1, -0.05) is 18.2 Å². The zero-order chi connectivity index (χ0) is 29.4. The highest BCUT2D eigenvalue weighted by molar-refractivity contribution is 6.00. The number of aliphatic carboxylic acids is 1. The van der Waals surface area contributed by atoms with Crippen molar-refractivity contribution in [3.05, 3.63) is 54.1 Å². The van der Waals surface area contributed by atoms with Crippen molar-refractivity contribution in [2.45, 2.75) is 45.2 Å². The molecule has 2 aliphatic rings. The van der Waals surface area contributed by atoms with Crippen molar-refractivity contribution in [3.8, 4) is 0 Å². The van der Waals surface area contributed by atoms with Crippen LogP contribution in [0.1, 0.15) is 31.7 Å². The Balaban J connectivity index is 1.32. The van der Waals surface area contributed by atoms with E-state index in [1.54, 1.807) is 24.3 Å². The number of anilines is 3. The van der Waals surface area contributed by atoms with Gasteiger partial charge in [0.2, 0.25) is 11.8 Å². The van der Waals surface area contributed by atoms with Crippen LogP contribution < -0.4 is 21.4 Å². The Morgan fingerprint density at radius 3 is 2.34 bits per heavy atom. The fourth-order valence-corrected chi connectivity index (χ4v) is 5.13. The molecule has 41 heavy (non-hydrogen) atoms. The first-order valence-corrected chi connectivity index (χ1v) is 13.8. The quantitative estimate of drug-likeness (QED) is 0.294. The average Bonchev–Trinajstić information content (AvgIpc) is 2.93. The van der Waals surface area contributed by atoms with Gasteiger partial charge in [-0.2, -0.15) is 0 Å². The summed E-state index contributed by atoms with van der Waals surface area (Å²) < 4.78 is 5.38.